The Kier molecular flexibility index (Phi) is 2.60. The molecule has 2 rings (SSSR count). The molecule has 0 saturated heterocycles. The molecule has 0 aliphatic heterocycles. The van der Waals surface area contributed by atoms with Gasteiger partial charge in [-0.2, -0.15) is 0 Å². The standard InChI is InChI=1S/C13H15NO/c1-9-3-2-4-11-12(9)7-10(5-6-14)8-13(11)15/h2-4,7-8,15H,5-6,14H2,1H3. The normalized spacial score (nSPS) is 10.8. The van der Waals surface area contributed by atoms with Gasteiger partial charge in [0, 0.05) is 5.39 Å². The summed E-state index contributed by atoms with van der Waals surface area (Å²) in [5, 5.41) is 11.9. The second-order valence-electron chi connectivity index (χ2n) is 3.82. The SMILES string of the molecule is Cc1cccc2c(O)cc(CCN)cc12. The van der Waals surface area contributed by atoms with Crippen LogP contribution in [0.4, 0.5) is 0 Å². The minimum Gasteiger partial charge on any atom is -0.507 e. The van der Waals surface area contributed by atoms with Crippen molar-refractivity contribution in [2.75, 3.05) is 6.54 Å². The van der Waals surface area contributed by atoms with Crippen LogP contribution < -0.4 is 5.73 Å². The molecular formula is C13H15NO. The highest BCUT2D eigenvalue weighted by atomic mass is 16.3. The van der Waals surface area contributed by atoms with Crippen LogP contribution in [0, 0.1) is 6.92 Å². The first kappa shape index (κ1) is 9.99. The van der Waals surface area contributed by atoms with Crippen molar-refractivity contribution in [3.63, 3.8) is 0 Å². The van der Waals surface area contributed by atoms with E-state index in [1.54, 1.807) is 6.07 Å². The van der Waals surface area contributed by atoms with E-state index >= 15 is 0 Å². The molecular weight excluding hydrogens is 186 g/mol. The monoisotopic (exact) mass is 201 g/mol. The van der Waals surface area contributed by atoms with Gasteiger partial charge in [-0.3, -0.25) is 0 Å². The van der Waals surface area contributed by atoms with Crippen LogP contribution in [0.1, 0.15) is 11.1 Å². The second-order valence-corrected chi connectivity index (χ2v) is 3.82. The third kappa shape index (κ3) is 1.81. The van der Waals surface area contributed by atoms with Gasteiger partial charge >= 0.3 is 0 Å². The molecule has 2 heteroatoms. The topological polar surface area (TPSA) is 46.2 Å². The summed E-state index contributed by atoms with van der Waals surface area (Å²) < 4.78 is 0. The quantitative estimate of drug-likeness (QED) is 0.783. The number of nitrogens with two attached hydrogens (primary N) is 1. The first-order chi connectivity index (χ1) is 7.22. The predicted octanol–water partition coefficient (Wildman–Crippen LogP) is 2.36. The van der Waals surface area contributed by atoms with E-state index in [0.29, 0.717) is 12.3 Å². The summed E-state index contributed by atoms with van der Waals surface area (Å²) in [6, 6.07) is 9.85. The van der Waals surface area contributed by atoms with Crippen molar-refractivity contribution in [2.24, 2.45) is 5.73 Å². The molecule has 0 bridgehead atoms. The molecule has 3 N–H and O–H groups in total. The number of benzene rings is 2. The van der Waals surface area contributed by atoms with Crippen LogP contribution in [0.25, 0.3) is 10.8 Å². The van der Waals surface area contributed by atoms with E-state index in [2.05, 4.69) is 6.07 Å². The van der Waals surface area contributed by atoms with Gasteiger partial charge in [0.15, 0.2) is 0 Å². The summed E-state index contributed by atoms with van der Waals surface area (Å²) in [6.45, 7) is 2.66. The van der Waals surface area contributed by atoms with Gasteiger partial charge in [-0.05, 0) is 42.5 Å². The Morgan fingerprint density at radius 1 is 1.20 bits per heavy atom. The van der Waals surface area contributed by atoms with Gasteiger partial charge in [-0.1, -0.05) is 24.3 Å². The smallest absolute Gasteiger partial charge is 0.123 e. The van der Waals surface area contributed by atoms with E-state index < -0.39 is 0 Å². The van der Waals surface area contributed by atoms with Crippen molar-refractivity contribution in [2.45, 2.75) is 13.3 Å². The molecule has 0 unspecified atom stereocenters. The maximum absolute atomic E-state index is 9.86. The summed E-state index contributed by atoms with van der Waals surface area (Å²) in [6.07, 6.45) is 0.803. The van der Waals surface area contributed by atoms with E-state index in [9.17, 15) is 5.11 Å². The fraction of sp³-hybridized carbons (Fsp3) is 0.231. The molecule has 78 valence electrons. The van der Waals surface area contributed by atoms with Crippen LogP contribution in [-0.2, 0) is 6.42 Å². The van der Waals surface area contributed by atoms with Crippen molar-refractivity contribution in [3.05, 3.63) is 41.5 Å². The maximum atomic E-state index is 9.86. The van der Waals surface area contributed by atoms with Crippen LogP contribution in [0.15, 0.2) is 30.3 Å². The summed E-state index contributed by atoms with van der Waals surface area (Å²) in [5.41, 5.74) is 7.79. The number of phenolic OH excluding ortho intramolecular Hbond substituents is 1. The molecule has 15 heavy (non-hydrogen) atoms. The zero-order valence-corrected chi connectivity index (χ0v) is 8.83. The number of fused-ring (bicyclic) bond motifs is 1. The minimum absolute atomic E-state index is 0.347. The zero-order valence-electron chi connectivity index (χ0n) is 8.83. The molecule has 0 saturated carbocycles. The highest BCUT2D eigenvalue weighted by Crippen LogP contribution is 2.28. The number of aromatic hydroxyl groups is 1. The fourth-order valence-corrected chi connectivity index (χ4v) is 1.89. The molecule has 0 fully saturated rings. The summed E-state index contributed by atoms with van der Waals surface area (Å²) in [7, 11) is 0. The van der Waals surface area contributed by atoms with E-state index in [0.717, 1.165) is 22.8 Å². The second kappa shape index (κ2) is 3.91. The van der Waals surface area contributed by atoms with E-state index in [-0.39, 0.29) is 0 Å². The minimum atomic E-state index is 0.347. The first-order valence-electron chi connectivity index (χ1n) is 5.13. The number of aryl methyl sites for hydroxylation is 1. The molecule has 0 radical (unpaired) electrons. The molecule has 0 spiro atoms. The van der Waals surface area contributed by atoms with Gasteiger partial charge in [0.2, 0.25) is 0 Å². The number of hydrogen-bond donors (Lipinski definition) is 2. The third-order valence-corrected chi connectivity index (χ3v) is 2.68. The summed E-state index contributed by atoms with van der Waals surface area (Å²) in [5.74, 6) is 0.347. The largest absolute Gasteiger partial charge is 0.507 e. The van der Waals surface area contributed by atoms with Gasteiger partial charge < -0.3 is 10.8 Å². The number of hydrogen-bond acceptors (Lipinski definition) is 2. The molecule has 0 aliphatic rings. The third-order valence-electron chi connectivity index (χ3n) is 2.68. The molecule has 0 heterocycles. The highest BCUT2D eigenvalue weighted by molar-refractivity contribution is 5.91. The molecule has 0 atom stereocenters. The Labute approximate surface area is 89.3 Å². The van der Waals surface area contributed by atoms with Crippen LogP contribution >= 0.6 is 0 Å². The average molecular weight is 201 g/mol. The lowest BCUT2D eigenvalue weighted by Crippen LogP contribution is -2.02. The Balaban J connectivity index is 2.68. The van der Waals surface area contributed by atoms with E-state index in [1.807, 2.05) is 25.1 Å². The van der Waals surface area contributed by atoms with Crippen molar-refractivity contribution >= 4 is 10.8 Å². The Hall–Kier alpha value is -1.54. The van der Waals surface area contributed by atoms with Gasteiger partial charge in [0.05, 0.1) is 0 Å². The maximum Gasteiger partial charge on any atom is 0.123 e. The van der Waals surface area contributed by atoms with Gasteiger partial charge in [0.1, 0.15) is 5.75 Å². The molecule has 2 aromatic rings. The summed E-state index contributed by atoms with van der Waals surface area (Å²) >= 11 is 0. The van der Waals surface area contributed by atoms with Gasteiger partial charge in [-0.25, -0.2) is 0 Å². The van der Waals surface area contributed by atoms with Crippen molar-refractivity contribution in [1.82, 2.24) is 0 Å². The first-order valence-corrected chi connectivity index (χ1v) is 5.13. The zero-order chi connectivity index (χ0) is 10.8. The average Bonchev–Trinajstić information content (AvgIpc) is 2.20. The van der Waals surface area contributed by atoms with Crippen molar-refractivity contribution < 1.29 is 5.11 Å². The van der Waals surface area contributed by atoms with Gasteiger partial charge in [0.25, 0.3) is 0 Å². The van der Waals surface area contributed by atoms with Crippen LogP contribution in [-0.4, -0.2) is 11.7 Å². The molecule has 2 aromatic carbocycles. The molecule has 2 nitrogen and oxygen atoms in total. The molecule has 0 aromatic heterocycles. The van der Waals surface area contributed by atoms with Gasteiger partial charge in [-0.15, -0.1) is 0 Å². The Bertz CT molecular complexity index is 491. The number of phenols is 1. The fourth-order valence-electron chi connectivity index (χ4n) is 1.89. The lowest BCUT2D eigenvalue weighted by Gasteiger charge is -2.07. The lowest BCUT2D eigenvalue weighted by atomic mass is 10.0. The number of rotatable bonds is 2. The Morgan fingerprint density at radius 2 is 2.00 bits per heavy atom. The molecule has 0 aliphatic carbocycles. The van der Waals surface area contributed by atoms with E-state index in [4.69, 9.17) is 5.73 Å². The van der Waals surface area contributed by atoms with Crippen LogP contribution in [0.2, 0.25) is 0 Å². The summed E-state index contributed by atoms with van der Waals surface area (Å²) in [4.78, 5) is 0. The lowest BCUT2D eigenvalue weighted by molar-refractivity contribution is 0.481. The van der Waals surface area contributed by atoms with Crippen molar-refractivity contribution in [1.29, 1.82) is 0 Å². The Morgan fingerprint density at radius 3 is 2.73 bits per heavy atom. The molecule has 0 amide bonds. The van der Waals surface area contributed by atoms with Crippen molar-refractivity contribution in [3.8, 4) is 5.75 Å². The van der Waals surface area contributed by atoms with E-state index in [1.165, 1.54) is 5.56 Å². The van der Waals surface area contributed by atoms with Crippen LogP contribution in [0.3, 0.4) is 0 Å². The van der Waals surface area contributed by atoms with Crippen LogP contribution in [0.5, 0.6) is 5.75 Å². The predicted molar refractivity (Wildman–Crippen MR) is 63.1 cm³/mol. The highest BCUT2D eigenvalue weighted by Gasteiger charge is 2.04.